The minimum absolute atomic E-state index is 0.0880. The first kappa shape index (κ1) is 34.9. The van der Waals surface area contributed by atoms with Gasteiger partial charge in [0.2, 0.25) is 0 Å². The van der Waals surface area contributed by atoms with Crippen LogP contribution in [0.4, 0.5) is 0 Å². The van der Waals surface area contributed by atoms with Crippen molar-refractivity contribution in [2.24, 2.45) is 0 Å². The van der Waals surface area contributed by atoms with Crippen LogP contribution in [0.3, 0.4) is 0 Å². The average molecular weight is 538 g/mol. The van der Waals surface area contributed by atoms with Crippen LogP contribution in [0.25, 0.3) is 0 Å². The zero-order valence-electron chi connectivity index (χ0n) is 21.5. The first-order valence-corrected chi connectivity index (χ1v) is 13.2. The zero-order chi connectivity index (χ0) is 25.7. The third-order valence-electron chi connectivity index (χ3n) is 3.86. The Morgan fingerprint density at radius 1 is 0.343 bits per heavy atom. The smallest absolute Gasteiger partial charge is 0.382 e. The van der Waals surface area contributed by atoms with E-state index in [0.717, 1.165) is 0 Å². The van der Waals surface area contributed by atoms with Gasteiger partial charge in [0.05, 0.1) is 99.1 Å². The molecule has 0 aliphatic heterocycles. The van der Waals surface area contributed by atoms with E-state index in [1.807, 2.05) is 0 Å². The van der Waals surface area contributed by atoms with Crippen LogP contribution in [0.5, 0.6) is 0 Å². The van der Waals surface area contributed by atoms with Crippen LogP contribution in [0, 0.1) is 0 Å². The summed E-state index contributed by atoms with van der Waals surface area (Å²) in [6.07, 6.45) is 0. The van der Waals surface area contributed by atoms with Gasteiger partial charge >= 0.3 is 8.17 Å². The molecular weight excluding hydrogens is 491 g/mol. The van der Waals surface area contributed by atoms with Crippen molar-refractivity contribution >= 4 is 8.17 Å². The zero-order valence-corrected chi connectivity index (χ0v) is 22.4. The summed E-state index contributed by atoms with van der Waals surface area (Å²) < 4.78 is 63.2. The highest BCUT2D eigenvalue weighted by Gasteiger charge is 2.44. The lowest BCUT2D eigenvalue weighted by Gasteiger charge is -2.15. The molecule has 0 rings (SSSR count). The van der Waals surface area contributed by atoms with Gasteiger partial charge in [-0.25, -0.2) is 0 Å². The van der Waals surface area contributed by atoms with Gasteiger partial charge in [0.1, 0.15) is 19.8 Å². The van der Waals surface area contributed by atoms with Crippen LogP contribution in [0.1, 0.15) is 0 Å². The molecule has 14 heteroatoms. The summed E-state index contributed by atoms with van der Waals surface area (Å²) in [4.78, 5) is 10.7. The topological polar surface area (TPSA) is 131 Å². The maximum Gasteiger partial charge on any atom is 0.572 e. The fourth-order valence-electron chi connectivity index (χ4n) is 2.14. The molecule has 0 atom stereocenters. The minimum atomic E-state index is -3.56. The van der Waals surface area contributed by atoms with E-state index in [2.05, 4.69) is 0 Å². The Hall–Kier alpha value is -0.0900. The Kier molecular flexibility index (Phi) is 28.4. The van der Waals surface area contributed by atoms with Crippen molar-refractivity contribution in [2.45, 2.75) is 0 Å². The first-order valence-electron chi connectivity index (χ1n) is 11.7. The molecule has 0 unspecified atom stereocenters. The van der Waals surface area contributed by atoms with Crippen molar-refractivity contribution in [2.75, 3.05) is 140 Å². The molecule has 0 spiro atoms. The molecule has 0 aromatic rings. The Labute approximate surface area is 210 Å². The highest BCUT2D eigenvalue weighted by atomic mass is 31.2. The fourth-order valence-corrected chi connectivity index (χ4v) is 3.28. The van der Waals surface area contributed by atoms with E-state index in [9.17, 15) is 4.89 Å². The molecule has 1 N–H and O–H groups in total. The second-order valence-electron chi connectivity index (χ2n) is 6.62. The monoisotopic (exact) mass is 537 g/mol. The summed E-state index contributed by atoms with van der Waals surface area (Å²) in [7, 11) is 1.27. The fraction of sp³-hybridized carbons (Fsp3) is 1.00. The summed E-state index contributed by atoms with van der Waals surface area (Å²) in [5, 5.41) is 0. The Morgan fingerprint density at radius 2 is 0.543 bits per heavy atom. The summed E-state index contributed by atoms with van der Waals surface area (Å²) in [6, 6.07) is 0. The molecular formula is C21H46O13P+. The maximum atomic E-state index is 10.7. The van der Waals surface area contributed by atoms with Gasteiger partial charge in [0, 0.05) is 21.3 Å². The lowest BCUT2D eigenvalue weighted by atomic mass is 10.7. The number of methoxy groups -OCH3 is 3. The van der Waals surface area contributed by atoms with E-state index < -0.39 is 8.17 Å². The normalized spacial score (nSPS) is 12.0. The molecule has 0 aromatic heterocycles. The maximum absolute atomic E-state index is 10.7. The lowest BCUT2D eigenvalue weighted by Crippen LogP contribution is -2.17. The van der Waals surface area contributed by atoms with Crippen molar-refractivity contribution in [3.05, 3.63) is 0 Å². The van der Waals surface area contributed by atoms with Crippen molar-refractivity contribution in [1.82, 2.24) is 0 Å². The van der Waals surface area contributed by atoms with Gasteiger partial charge in [0.25, 0.3) is 0 Å². The highest BCUT2D eigenvalue weighted by Crippen LogP contribution is 2.57. The van der Waals surface area contributed by atoms with E-state index in [1.54, 1.807) is 21.3 Å². The summed E-state index contributed by atoms with van der Waals surface area (Å²) >= 11 is 0. The van der Waals surface area contributed by atoms with Crippen molar-refractivity contribution in [3.63, 3.8) is 0 Å². The molecule has 0 saturated carbocycles. The Bertz CT molecular complexity index is 354. The third-order valence-corrected chi connectivity index (χ3v) is 5.38. The third kappa shape index (κ3) is 26.8. The second kappa shape index (κ2) is 28.5. The summed E-state index contributed by atoms with van der Waals surface area (Å²) in [5.41, 5.74) is 0. The van der Waals surface area contributed by atoms with E-state index >= 15 is 0 Å². The van der Waals surface area contributed by atoms with Crippen LogP contribution >= 0.6 is 8.17 Å². The summed E-state index contributed by atoms with van der Waals surface area (Å²) in [6.45, 7) is 6.61. The number of rotatable bonds is 30. The standard InChI is InChI=1S/C21H46O13P/c1-23-4-7-26-10-13-29-16-19-32-35(22,33-20-17-30-14-11-27-8-5-24-2)34-21-18-31-15-12-28-9-6-25-3/h22H,4-21H2,1-3H3/q+1. The van der Waals surface area contributed by atoms with E-state index in [0.29, 0.717) is 79.3 Å². The molecule has 212 valence electrons. The van der Waals surface area contributed by atoms with E-state index in [4.69, 9.17) is 56.2 Å². The molecule has 13 nitrogen and oxygen atoms in total. The Morgan fingerprint density at radius 3 is 0.771 bits per heavy atom. The van der Waals surface area contributed by atoms with Crippen LogP contribution in [-0.4, -0.2) is 145 Å². The molecule has 0 heterocycles. The number of hydrogen-bond donors (Lipinski definition) is 1. The van der Waals surface area contributed by atoms with Crippen LogP contribution in [0.15, 0.2) is 0 Å². The number of hydrogen-bond acceptors (Lipinski definition) is 13. The predicted octanol–water partition coefficient (Wildman–Crippen LogP) is 0.745. The highest BCUT2D eigenvalue weighted by molar-refractivity contribution is 7.55. The molecule has 0 aromatic carbocycles. The molecule has 0 saturated heterocycles. The average Bonchev–Trinajstić information content (AvgIpc) is 2.86. The minimum Gasteiger partial charge on any atom is -0.382 e. The first-order chi connectivity index (χ1) is 17.2. The molecule has 0 amide bonds. The van der Waals surface area contributed by atoms with Gasteiger partial charge in [-0.15, -0.1) is 0 Å². The van der Waals surface area contributed by atoms with Crippen molar-refractivity contribution in [3.8, 4) is 0 Å². The lowest BCUT2D eigenvalue weighted by molar-refractivity contribution is -0.0100. The van der Waals surface area contributed by atoms with Crippen LogP contribution in [0.2, 0.25) is 0 Å². The SMILES string of the molecule is COCCOCCOCCO[P+](O)(OCCOCCOCCOC)OCCOCCOCCOC. The number of ether oxygens (including phenoxy) is 9. The molecule has 0 radical (unpaired) electrons. The largest absolute Gasteiger partial charge is 0.572 e. The van der Waals surface area contributed by atoms with Gasteiger partial charge in [-0.3, -0.25) is 0 Å². The van der Waals surface area contributed by atoms with Gasteiger partial charge in [-0.05, 0) is 0 Å². The van der Waals surface area contributed by atoms with Crippen LogP contribution in [-0.2, 0) is 56.2 Å². The second-order valence-corrected chi connectivity index (χ2v) is 8.33. The van der Waals surface area contributed by atoms with Gasteiger partial charge in [0.15, 0.2) is 0 Å². The molecule has 0 bridgehead atoms. The van der Waals surface area contributed by atoms with Crippen LogP contribution < -0.4 is 0 Å². The molecule has 35 heavy (non-hydrogen) atoms. The van der Waals surface area contributed by atoms with Crippen molar-refractivity contribution < 1.29 is 61.1 Å². The van der Waals surface area contributed by atoms with Gasteiger partial charge in [-0.2, -0.15) is 18.5 Å². The quantitative estimate of drug-likeness (QED) is 0.102. The van der Waals surface area contributed by atoms with Gasteiger partial charge in [-0.1, -0.05) is 0 Å². The van der Waals surface area contributed by atoms with Gasteiger partial charge < -0.3 is 42.6 Å². The van der Waals surface area contributed by atoms with Crippen molar-refractivity contribution in [1.29, 1.82) is 0 Å². The van der Waals surface area contributed by atoms with E-state index in [1.165, 1.54) is 0 Å². The molecule has 0 aliphatic carbocycles. The molecule has 0 fully saturated rings. The predicted molar refractivity (Wildman–Crippen MR) is 128 cm³/mol. The molecule has 0 aliphatic rings. The van der Waals surface area contributed by atoms with E-state index in [-0.39, 0.29) is 39.6 Å². The Balaban J connectivity index is 4.05. The summed E-state index contributed by atoms with van der Waals surface area (Å²) in [5.74, 6) is 0.